The molecule has 0 fully saturated rings. The fourth-order valence-corrected chi connectivity index (χ4v) is 5.10. The number of benzene rings is 3. The van der Waals surface area contributed by atoms with Crippen LogP contribution in [0.15, 0.2) is 78.9 Å². The summed E-state index contributed by atoms with van der Waals surface area (Å²) in [4.78, 5) is 28.9. The highest BCUT2D eigenvalue weighted by molar-refractivity contribution is 7.92. The molecule has 0 spiro atoms. The van der Waals surface area contributed by atoms with Crippen LogP contribution in [0.1, 0.15) is 23.6 Å². The molecule has 9 heteroatoms. The zero-order chi connectivity index (χ0) is 27.7. The van der Waals surface area contributed by atoms with E-state index >= 15 is 0 Å². The van der Waals surface area contributed by atoms with Gasteiger partial charge in [-0.25, -0.2) is 8.42 Å². The minimum absolute atomic E-state index is 0.143. The Morgan fingerprint density at radius 2 is 1.58 bits per heavy atom. The van der Waals surface area contributed by atoms with E-state index < -0.39 is 28.5 Å². The first-order chi connectivity index (χ1) is 18.2. The molecule has 3 aromatic rings. The second kappa shape index (κ2) is 13.1. The highest BCUT2D eigenvalue weighted by Crippen LogP contribution is 2.30. The number of aryl methyl sites for hydroxylation is 1. The predicted octanol–water partition coefficient (Wildman–Crippen LogP) is 3.55. The number of nitrogens with one attached hydrogen (secondary N) is 1. The second-order valence-corrected chi connectivity index (χ2v) is 10.9. The molecular weight excluding hydrogens is 502 g/mol. The number of ether oxygens (including phenoxy) is 1. The molecule has 0 unspecified atom stereocenters. The topological polar surface area (TPSA) is 96.0 Å². The van der Waals surface area contributed by atoms with Crippen LogP contribution in [-0.2, 0) is 32.6 Å². The van der Waals surface area contributed by atoms with Crippen molar-refractivity contribution >= 4 is 27.5 Å². The van der Waals surface area contributed by atoms with Crippen LogP contribution in [0.4, 0.5) is 5.69 Å². The molecule has 0 heterocycles. The van der Waals surface area contributed by atoms with Gasteiger partial charge in [0.15, 0.2) is 0 Å². The van der Waals surface area contributed by atoms with Crippen LogP contribution in [-0.4, -0.2) is 57.6 Å². The lowest BCUT2D eigenvalue weighted by atomic mass is 10.0. The van der Waals surface area contributed by atoms with Crippen molar-refractivity contribution in [3.63, 3.8) is 0 Å². The molecule has 1 atom stereocenters. The van der Waals surface area contributed by atoms with E-state index in [1.54, 1.807) is 24.3 Å². The monoisotopic (exact) mass is 537 g/mol. The van der Waals surface area contributed by atoms with Crippen LogP contribution in [0, 0.1) is 6.92 Å². The lowest BCUT2D eigenvalue weighted by molar-refractivity contribution is -0.140. The molecule has 0 saturated carbocycles. The van der Waals surface area contributed by atoms with Crippen molar-refractivity contribution in [2.24, 2.45) is 0 Å². The normalized spacial score (nSPS) is 11.9. The number of para-hydroxylation sites is 2. The zero-order valence-corrected chi connectivity index (χ0v) is 23.1. The van der Waals surface area contributed by atoms with Crippen molar-refractivity contribution in [3.8, 4) is 5.75 Å². The first kappa shape index (κ1) is 28.7. The number of hydrogen-bond acceptors (Lipinski definition) is 5. The summed E-state index contributed by atoms with van der Waals surface area (Å²) in [5.41, 5.74) is 2.96. The molecular formula is C29H35N3O5S. The summed E-state index contributed by atoms with van der Waals surface area (Å²) in [5.74, 6) is -0.487. The van der Waals surface area contributed by atoms with Crippen molar-refractivity contribution in [1.29, 1.82) is 0 Å². The van der Waals surface area contributed by atoms with Gasteiger partial charge in [-0.2, -0.15) is 0 Å². The maximum absolute atomic E-state index is 14.0. The quantitative estimate of drug-likeness (QED) is 0.381. The number of hydrogen-bond donors (Lipinski definition) is 1. The van der Waals surface area contributed by atoms with Gasteiger partial charge in [-0.05, 0) is 42.7 Å². The van der Waals surface area contributed by atoms with Crippen LogP contribution < -0.4 is 14.4 Å². The van der Waals surface area contributed by atoms with E-state index in [-0.39, 0.29) is 24.6 Å². The Labute approximate surface area is 225 Å². The number of anilines is 1. The molecule has 8 nitrogen and oxygen atoms in total. The summed E-state index contributed by atoms with van der Waals surface area (Å²) in [6.07, 6.45) is 1.32. The second-order valence-electron chi connectivity index (χ2n) is 8.99. The van der Waals surface area contributed by atoms with Crippen molar-refractivity contribution in [2.45, 2.75) is 32.9 Å². The van der Waals surface area contributed by atoms with E-state index in [0.717, 1.165) is 27.3 Å². The Balaban J connectivity index is 2.07. The summed E-state index contributed by atoms with van der Waals surface area (Å²) in [5, 5.41) is 2.85. The van der Waals surface area contributed by atoms with Gasteiger partial charge in [0.05, 0.1) is 19.1 Å². The third-order valence-corrected chi connectivity index (χ3v) is 7.38. The molecule has 3 rings (SSSR count). The zero-order valence-electron chi connectivity index (χ0n) is 22.3. The van der Waals surface area contributed by atoms with Gasteiger partial charge in [0.25, 0.3) is 0 Å². The molecule has 0 radical (unpaired) electrons. The third kappa shape index (κ3) is 7.35. The smallest absolute Gasteiger partial charge is 0.244 e. The van der Waals surface area contributed by atoms with E-state index in [2.05, 4.69) is 5.32 Å². The third-order valence-electron chi connectivity index (χ3n) is 6.26. The first-order valence-electron chi connectivity index (χ1n) is 12.4. The minimum Gasteiger partial charge on any atom is -0.495 e. The van der Waals surface area contributed by atoms with Gasteiger partial charge in [-0.3, -0.25) is 13.9 Å². The SMILES string of the molecule is CCNC(=O)[C@@H](Cc1ccccc1)N(Cc1ccccc1C)C(=O)CN(c1ccccc1OC)S(C)(=O)=O. The Morgan fingerprint density at radius 3 is 2.21 bits per heavy atom. The van der Waals surface area contributed by atoms with Crippen LogP contribution >= 0.6 is 0 Å². The fourth-order valence-electron chi connectivity index (χ4n) is 4.25. The maximum atomic E-state index is 14.0. The Bertz CT molecular complexity index is 1350. The molecule has 2 amide bonds. The number of rotatable bonds is 12. The summed E-state index contributed by atoms with van der Waals surface area (Å²) >= 11 is 0. The lowest BCUT2D eigenvalue weighted by Crippen LogP contribution is -2.53. The average molecular weight is 538 g/mol. The Kier molecular flexibility index (Phi) is 9.90. The van der Waals surface area contributed by atoms with Crippen molar-refractivity contribution < 1.29 is 22.7 Å². The number of carbonyl (C=O) groups is 2. The molecule has 38 heavy (non-hydrogen) atoms. The van der Waals surface area contributed by atoms with Crippen LogP contribution in [0.5, 0.6) is 5.75 Å². The number of amides is 2. The van der Waals surface area contributed by atoms with Crippen molar-refractivity contribution in [1.82, 2.24) is 10.2 Å². The maximum Gasteiger partial charge on any atom is 0.244 e. The van der Waals surface area contributed by atoms with Gasteiger partial charge in [-0.15, -0.1) is 0 Å². The number of nitrogens with zero attached hydrogens (tertiary/aromatic N) is 2. The number of carbonyl (C=O) groups excluding carboxylic acids is 2. The van der Waals surface area contributed by atoms with Crippen LogP contribution in [0.2, 0.25) is 0 Å². The van der Waals surface area contributed by atoms with Crippen molar-refractivity contribution in [3.05, 3.63) is 95.6 Å². The molecule has 1 N–H and O–H groups in total. The Hall–Kier alpha value is -3.85. The summed E-state index contributed by atoms with van der Waals surface area (Å²) in [7, 11) is -2.43. The highest BCUT2D eigenvalue weighted by atomic mass is 32.2. The number of likely N-dealkylation sites (N-methyl/N-ethyl adjacent to an activating group) is 1. The summed E-state index contributed by atoms with van der Waals surface area (Å²) in [6, 6.07) is 22.8. The predicted molar refractivity (Wildman–Crippen MR) is 150 cm³/mol. The lowest BCUT2D eigenvalue weighted by Gasteiger charge is -2.34. The molecule has 0 aromatic heterocycles. The van der Waals surface area contributed by atoms with E-state index in [1.807, 2.05) is 68.4 Å². The van der Waals surface area contributed by atoms with Gasteiger partial charge in [0, 0.05) is 19.5 Å². The minimum atomic E-state index is -3.87. The standard InChI is InChI=1S/C29H35N3O5S/c1-5-30-29(34)26(19-23-14-7-6-8-15-23)31(20-24-16-10-9-13-22(24)2)28(33)21-32(38(4,35)36)25-17-11-12-18-27(25)37-3/h6-18,26H,5,19-21H2,1-4H3,(H,30,34)/t26-/m1/s1. The largest absolute Gasteiger partial charge is 0.495 e. The average Bonchev–Trinajstić information content (AvgIpc) is 2.90. The molecule has 0 saturated heterocycles. The fraction of sp³-hybridized carbons (Fsp3) is 0.310. The van der Waals surface area contributed by atoms with Crippen LogP contribution in [0.25, 0.3) is 0 Å². The van der Waals surface area contributed by atoms with Crippen LogP contribution in [0.3, 0.4) is 0 Å². The molecule has 0 bridgehead atoms. The van der Waals surface area contributed by atoms with E-state index in [0.29, 0.717) is 12.3 Å². The first-order valence-corrected chi connectivity index (χ1v) is 14.3. The highest BCUT2D eigenvalue weighted by Gasteiger charge is 2.33. The van der Waals surface area contributed by atoms with Gasteiger partial charge in [0.2, 0.25) is 21.8 Å². The molecule has 3 aromatic carbocycles. The number of methoxy groups -OCH3 is 1. The molecule has 0 aliphatic rings. The summed E-state index contributed by atoms with van der Waals surface area (Å²) in [6.45, 7) is 3.80. The van der Waals surface area contributed by atoms with Crippen molar-refractivity contribution in [2.75, 3.05) is 30.8 Å². The summed E-state index contributed by atoms with van der Waals surface area (Å²) < 4.78 is 32.2. The molecule has 0 aliphatic heterocycles. The van der Waals surface area contributed by atoms with Gasteiger partial charge >= 0.3 is 0 Å². The van der Waals surface area contributed by atoms with Gasteiger partial charge < -0.3 is 15.0 Å². The Morgan fingerprint density at radius 1 is 0.947 bits per heavy atom. The molecule has 202 valence electrons. The van der Waals surface area contributed by atoms with Gasteiger partial charge in [-0.1, -0.05) is 66.7 Å². The van der Waals surface area contributed by atoms with Gasteiger partial charge in [0.1, 0.15) is 18.3 Å². The number of sulfonamides is 1. The molecule has 0 aliphatic carbocycles. The van der Waals surface area contributed by atoms with E-state index in [4.69, 9.17) is 4.74 Å². The van der Waals surface area contributed by atoms with E-state index in [1.165, 1.54) is 12.0 Å². The van der Waals surface area contributed by atoms with E-state index in [9.17, 15) is 18.0 Å².